The molecule has 0 aromatic heterocycles. The summed E-state index contributed by atoms with van der Waals surface area (Å²) in [6, 6.07) is 12.8. The number of halogens is 1. The molecule has 6 heteroatoms. The van der Waals surface area contributed by atoms with Crippen LogP contribution in [0.25, 0.3) is 0 Å². The number of benzene rings is 2. The van der Waals surface area contributed by atoms with Gasteiger partial charge in [-0.3, -0.25) is 4.79 Å². The van der Waals surface area contributed by atoms with Crippen LogP contribution in [0.15, 0.2) is 47.6 Å². The normalized spacial score (nSPS) is 14.5. The van der Waals surface area contributed by atoms with Gasteiger partial charge in [-0.1, -0.05) is 17.7 Å². The average molecular weight is 372 g/mol. The number of nitrogens with zero attached hydrogens (tertiary/aromatic N) is 2. The molecule has 136 valence electrons. The van der Waals surface area contributed by atoms with Crippen molar-refractivity contribution in [2.45, 2.75) is 19.3 Å². The number of hydrazone groups is 1. The molecule has 1 N–H and O–H groups in total. The number of methoxy groups -OCH3 is 1. The molecule has 1 amide bonds. The second-order valence-corrected chi connectivity index (χ2v) is 6.62. The highest BCUT2D eigenvalue weighted by Gasteiger charge is 2.13. The molecule has 2 aromatic carbocycles. The van der Waals surface area contributed by atoms with E-state index >= 15 is 0 Å². The second-order valence-electron chi connectivity index (χ2n) is 6.18. The third-order valence-corrected chi connectivity index (χ3v) is 4.63. The summed E-state index contributed by atoms with van der Waals surface area (Å²) in [6.07, 6.45) is 5.33. The lowest BCUT2D eigenvalue weighted by atomic mass is 10.1. The van der Waals surface area contributed by atoms with Crippen molar-refractivity contribution in [3.05, 3.63) is 58.6 Å². The Morgan fingerprint density at radius 3 is 2.73 bits per heavy atom. The number of amides is 1. The average Bonchev–Trinajstić information content (AvgIpc) is 2.68. The van der Waals surface area contributed by atoms with Crippen LogP contribution in [-0.2, 0) is 0 Å². The fourth-order valence-electron chi connectivity index (χ4n) is 3.01. The zero-order chi connectivity index (χ0) is 18.4. The van der Waals surface area contributed by atoms with Gasteiger partial charge in [0.15, 0.2) is 0 Å². The first-order chi connectivity index (χ1) is 12.7. The van der Waals surface area contributed by atoms with E-state index in [2.05, 4.69) is 21.5 Å². The zero-order valence-electron chi connectivity index (χ0n) is 14.7. The van der Waals surface area contributed by atoms with E-state index in [0.29, 0.717) is 10.6 Å². The van der Waals surface area contributed by atoms with Crippen LogP contribution in [0.4, 0.5) is 5.69 Å². The summed E-state index contributed by atoms with van der Waals surface area (Å²) in [7, 11) is 1.64. The Bertz CT molecular complexity index is 801. The van der Waals surface area contributed by atoms with Crippen LogP contribution >= 0.6 is 11.6 Å². The fourth-order valence-corrected chi connectivity index (χ4v) is 3.20. The number of carbonyl (C=O) groups is 1. The molecule has 0 aliphatic carbocycles. The summed E-state index contributed by atoms with van der Waals surface area (Å²) in [5, 5.41) is 4.55. The first-order valence-corrected chi connectivity index (χ1v) is 9.07. The van der Waals surface area contributed by atoms with Crippen molar-refractivity contribution in [1.82, 2.24) is 5.43 Å². The molecule has 26 heavy (non-hydrogen) atoms. The van der Waals surface area contributed by atoms with E-state index in [0.717, 1.165) is 30.1 Å². The van der Waals surface area contributed by atoms with Crippen molar-refractivity contribution in [3.63, 3.8) is 0 Å². The SMILES string of the molecule is COc1cc(N2CCCCC2)ccc1/C=N\NC(=O)c1cccc(Cl)c1. The predicted molar refractivity (Wildman–Crippen MR) is 106 cm³/mol. The van der Waals surface area contributed by atoms with Crippen molar-refractivity contribution in [1.29, 1.82) is 0 Å². The largest absolute Gasteiger partial charge is 0.496 e. The van der Waals surface area contributed by atoms with Gasteiger partial charge in [-0.15, -0.1) is 0 Å². The van der Waals surface area contributed by atoms with Crippen LogP contribution < -0.4 is 15.1 Å². The smallest absolute Gasteiger partial charge is 0.271 e. The lowest BCUT2D eigenvalue weighted by Gasteiger charge is -2.29. The van der Waals surface area contributed by atoms with Gasteiger partial charge in [0.25, 0.3) is 5.91 Å². The van der Waals surface area contributed by atoms with Crippen molar-refractivity contribution >= 4 is 29.4 Å². The number of piperidine rings is 1. The van der Waals surface area contributed by atoms with E-state index in [9.17, 15) is 4.79 Å². The topological polar surface area (TPSA) is 53.9 Å². The highest BCUT2D eigenvalue weighted by atomic mass is 35.5. The number of anilines is 1. The lowest BCUT2D eigenvalue weighted by Crippen LogP contribution is -2.29. The van der Waals surface area contributed by atoms with E-state index in [4.69, 9.17) is 16.3 Å². The number of rotatable bonds is 5. The Morgan fingerprint density at radius 1 is 1.19 bits per heavy atom. The number of hydrogen-bond acceptors (Lipinski definition) is 4. The molecule has 0 radical (unpaired) electrons. The standard InChI is InChI=1S/C20H22ClN3O2/c1-26-19-13-18(24-10-3-2-4-11-24)9-8-16(19)14-22-23-20(25)15-6-5-7-17(21)12-15/h5-9,12-14H,2-4,10-11H2,1H3,(H,23,25)/b22-14-. The first kappa shape index (κ1) is 18.3. The fraction of sp³-hybridized carbons (Fsp3) is 0.300. The number of hydrogen-bond donors (Lipinski definition) is 1. The predicted octanol–water partition coefficient (Wildman–Crippen LogP) is 4.10. The molecule has 1 aliphatic heterocycles. The maximum atomic E-state index is 12.1. The van der Waals surface area contributed by atoms with Gasteiger partial charge in [0, 0.05) is 41.0 Å². The van der Waals surface area contributed by atoms with Crippen molar-refractivity contribution < 1.29 is 9.53 Å². The molecule has 1 fully saturated rings. The van der Waals surface area contributed by atoms with E-state index in [1.54, 1.807) is 37.6 Å². The van der Waals surface area contributed by atoms with Crippen molar-refractivity contribution in [2.24, 2.45) is 5.10 Å². The number of ether oxygens (including phenoxy) is 1. The van der Waals surface area contributed by atoms with Crippen molar-refractivity contribution in [3.8, 4) is 5.75 Å². The molecular weight excluding hydrogens is 350 g/mol. The van der Waals surface area contributed by atoms with Crippen LogP contribution in [0.1, 0.15) is 35.2 Å². The number of carbonyl (C=O) groups excluding carboxylic acids is 1. The molecule has 5 nitrogen and oxygen atoms in total. The molecule has 2 aromatic rings. The molecule has 1 heterocycles. The summed E-state index contributed by atoms with van der Waals surface area (Å²) in [5.41, 5.74) is 4.93. The summed E-state index contributed by atoms with van der Waals surface area (Å²) in [5.74, 6) is 0.418. The first-order valence-electron chi connectivity index (χ1n) is 8.69. The molecular formula is C20H22ClN3O2. The third kappa shape index (κ3) is 4.55. The maximum absolute atomic E-state index is 12.1. The zero-order valence-corrected chi connectivity index (χ0v) is 15.5. The van der Waals surface area contributed by atoms with Gasteiger partial charge < -0.3 is 9.64 Å². The molecule has 0 unspecified atom stereocenters. The van der Waals surface area contributed by atoms with E-state index in [1.807, 2.05) is 12.1 Å². The minimum atomic E-state index is -0.312. The van der Waals surface area contributed by atoms with Gasteiger partial charge in [0.1, 0.15) is 5.75 Å². The summed E-state index contributed by atoms with van der Waals surface area (Å²) < 4.78 is 5.49. The van der Waals surface area contributed by atoms with Crippen LogP contribution in [0, 0.1) is 0 Å². The van der Waals surface area contributed by atoms with Gasteiger partial charge in [-0.2, -0.15) is 5.10 Å². The Morgan fingerprint density at radius 2 is 2.00 bits per heavy atom. The van der Waals surface area contributed by atoms with Gasteiger partial charge in [-0.25, -0.2) is 5.43 Å². The van der Waals surface area contributed by atoms with Gasteiger partial charge >= 0.3 is 0 Å². The monoisotopic (exact) mass is 371 g/mol. The van der Waals surface area contributed by atoms with Crippen LogP contribution in [-0.4, -0.2) is 32.3 Å². The number of nitrogens with one attached hydrogen (secondary N) is 1. The van der Waals surface area contributed by atoms with Crippen LogP contribution in [0.5, 0.6) is 5.75 Å². The Kier molecular flexibility index (Phi) is 6.12. The Hall–Kier alpha value is -2.53. The molecule has 0 bridgehead atoms. The minimum absolute atomic E-state index is 0.312. The molecule has 0 atom stereocenters. The Labute approximate surface area is 158 Å². The van der Waals surface area contributed by atoms with E-state index in [1.165, 1.54) is 19.3 Å². The molecule has 1 saturated heterocycles. The summed E-state index contributed by atoms with van der Waals surface area (Å²) in [6.45, 7) is 2.15. The molecule has 1 aliphatic rings. The molecule has 3 rings (SSSR count). The maximum Gasteiger partial charge on any atom is 0.271 e. The van der Waals surface area contributed by atoms with Crippen LogP contribution in [0.3, 0.4) is 0 Å². The lowest BCUT2D eigenvalue weighted by molar-refractivity contribution is 0.0955. The van der Waals surface area contributed by atoms with Gasteiger partial charge in [-0.05, 0) is 49.6 Å². The third-order valence-electron chi connectivity index (χ3n) is 4.39. The highest BCUT2D eigenvalue weighted by molar-refractivity contribution is 6.30. The Balaban J connectivity index is 1.68. The van der Waals surface area contributed by atoms with E-state index in [-0.39, 0.29) is 5.91 Å². The van der Waals surface area contributed by atoms with Gasteiger partial charge in [0.2, 0.25) is 0 Å². The van der Waals surface area contributed by atoms with Crippen LogP contribution in [0.2, 0.25) is 5.02 Å². The second kappa shape index (κ2) is 8.72. The molecule has 0 spiro atoms. The van der Waals surface area contributed by atoms with Gasteiger partial charge in [0.05, 0.1) is 13.3 Å². The molecule has 0 saturated carbocycles. The highest BCUT2D eigenvalue weighted by Crippen LogP contribution is 2.26. The summed E-state index contributed by atoms with van der Waals surface area (Å²) >= 11 is 5.90. The minimum Gasteiger partial charge on any atom is -0.496 e. The van der Waals surface area contributed by atoms with E-state index < -0.39 is 0 Å². The quantitative estimate of drug-likeness (QED) is 0.635. The van der Waals surface area contributed by atoms with Crippen molar-refractivity contribution in [2.75, 3.05) is 25.1 Å². The summed E-state index contributed by atoms with van der Waals surface area (Å²) in [4.78, 5) is 14.4.